The Balaban J connectivity index is 2.36. The lowest BCUT2D eigenvalue weighted by molar-refractivity contribution is 0.610. The standard InChI is InChI=1S/C10H15N5/c1-7(12-2)3-8-4-14-15-6-9(11)5-13-10(8)15/h4-7,12H,3,11H2,1-2H3. The van der Waals surface area contributed by atoms with Crippen LogP contribution in [-0.4, -0.2) is 27.7 Å². The van der Waals surface area contributed by atoms with Gasteiger partial charge in [0.25, 0.3) is 0 Å². The summed E-state index contributed by atoms with van der Waals surface area (Å²) in [5.74, 6) is 0. The molecule has 0 saturated carbocycles. The first-order valence-corrected chi connectivity index (χ1v) is 4.95. The highest BCUT2D eigenvalue weighted by Gasteiger charge is 2.08. The smallest absolute Gasteiger partial charge is 0.158 e. The SMILES string of the molecule is CNC(C)Cc1cnn2cc(N)cnc12. The van der Waals surface area contributed by atoms with Crippen LogP contribution < -0.4 is 11.1 Å². The molecule has 2 aromatic heterocycles. The van der Waals surface area contributed by atoms with E-state index in [1.54, 1.807) is 16.9 Å². The Morgan fingerprint density at radius 2 is 2.33 bits per heavy atom. The summed E-state index contributed by atoms with van der Waals surface area (Å²) < 4.78 is 1.72. The molecule has 0 aliphatic heterocycles. The van der Waals surface area contributed by atoms with Gasteiger partial charge in [-0.2, -0.15) is 5.10 Å². The van der Waals surface area contributed by atoms with Gasteiger partial charge in [0, 0.05) is 11.6 Å². The molecule has 0 amide bonds. The van der Waals surface area contributed by atoms with Crippen LogP contribution in [0, 0.1) is 0 Å². The summed E-state index contributed by atoms with van der Waals surface area (Å²) in [6.07, 6.45) is 6.19. The lowest BCUT2D eigenvalue weighted by Crippen LogP contribution is -2.23. The molecule has 1 atom stereocenters. The topological polar surface area (TPSA) is 68.2 Å². The highest BCUT2D eigenvalue weighted by atomic mass is 15.2. The van der Waals surface area contributed by atoms with Crippen molar-refractivity contribution in [3.8, 4) is 0 Å². The minimum Gasteiger partial charge on any atom is -0.396 e. The number of likely N-dealkylation sites (N-methyl/N-ethyl adjacent to an activating group) is 1. The van der Waals surface area contributed by atoms with Crippen molar-refractivity contribution in [1.82, 2.24) is 19.9 Å². The monoisotopic (exact) mass is 205 g/mol. The quantitative estimate of drug-likeness (QED) is 0.764. The fraction of sp³-hybridized carbons (Fsp3) is 0.400. The van der Waals surface area contributed by atoms with Crippen molar-refractivity contribution in [2.45, 2.75) is 19.4 Å². The summed E-state index contributed by atoms with van der Waals surface area (Å²) in [5.41, 5.74) is 8.27. The largest absolute Gasteiger partial charge is 0.396 e. The predicted molar refractivity (Wildman–Crippen MR) is 59.6 cm³/mol. The predicted octanol–water partition coefficient (Wildman–Crippen LogP) is 0.462. The van der Waals surface area contributed by atoms with Crippen LogP contribution in [0.4, 0.5) is 5.69 Å². The molecule has 3 N–H and O–H groups in total. The molecule has 0 spiro atoms. The van der Waals surface area contributed by atoms with E-state index in [-0.39, 0.29) is 0 Å². The van der Waals surface area contributed by atoms with E-state index in [0.717, 1.165) is 17.6 Å². The molecule has 5 heteroatoms. The molecule has 0 radical (unpaired) electrons. The number of anilines is 1. The zero-order chi connectivity index (χ0) is 10.8. The maximum absolute atomic E-state index is 5.62. The lowest BCUT2D eigenvalue weighted by Gasteiger charge is -2.07. The van der Waals surface area contributed by atoms with Crippen LogP contribution in [0.5, 0.6) is 0 Å². The van der Waals surface area contributed by atoms with Crippen LogP contribution in [0.3, 0.4) is 0 Å². The molecule has 0 saturated heterocycles. The van der Waals surface area contributed by atoms with Crippen LogP contribution in [0.1, 0.15) is 12.5 Å². The van der Waals surface area contributed by atoms with Gasteiger partial charge in [-0.1, -0.05) is 0 Å². The number of aromatic nitrogens is 3. The summed E-state index contributed by atoms with van der Waals surface area (Å²) >= 11 is 0. The van der Waals surface area contributed by atoms with Crippen molar-refractivity contribution in [3.05, 3.63) is 24.2 Å². The third-order valence-electron chi connectivity index (χ3n) is 2.47. The Kier molecular flexibility index (Phi) is 2.55. The summed E-state index contributed by atoms with van der Waals surface area (Å²) in [5, 5.41) is 7.40. The van der Waals surface area contributed by atoms with E-state index in [1.807, 2.05) is 13.2 Å². The number of hydrogen-bond donors (Lipinski definition) is 2. The van der Waals surface area contributed by atoms with Gasteiger partial charge < -0.3 is 11.1 Å². The Labute approximate surface area is 88.3 Å². The van der Waals surface area contributed by atoms with Crippen molar-refractivity contribution in [3.63, 3.8) is 0 Å². The maximum Gasteiger partial charge on any atom is 0.158 e. The molecule has 2 rings (SSSR count). The number of nitrogens with two attached hydrogens (primary N) is 1. The highest BCUT2D eigenvalue weighted by Crippen LogP contribution is 2.11. The van der Waals surface area contributed by atoms with Gasteiger partial charge in [0.1, 0.15) is 0 Å². The maximum atomic E-state index is 5.62. The Morgan fingerprint density at radius 1 is 1.53 bits per heavy atom. The van der Waals surface area contributed by atoms with Crippen molar-refractivity contribution in [2.75, 3.05) is 12.8 Å². The summed E-state index contributed by atoms with van der Waals surface area (Å²) in [7, 11) is 1.95. The fourth-order valence-corrected chi connectivity index (χ4v) is 1.51. The highest BCUT2D eigenvalue weighted by molar-refractivity contribution is 5.49. The van der Waals surface area contributed by atoms with Crippen molar-refractivity contribution >= 4 is 11.3 Å². The third-order valence-corrected chi connectivity index (χ3v) is 2.47. The zero-order valence-corrected chi connectivity index (χ0v) is 8.94. The van der Waals surface area contributed by atoms with Gasteiger partial charge in [-0.05, 0) is 20.4 Å². The minimum atomic E-state index is 0.414. The average molecular weight is 205 g/mol. The summed E-state index contributed by atoms with van der Waals surface area (Å²) in [4.78, 5) is 4.28. The summed E-state index contributed by atoms with van der Waals surface area (Å²) in [6, 6.07) is 0.414. The van der Waals surface area contributed by atoms with Crippen molar-refractivity contribution in [2.24, 2.45) is 0 Å². The molecule has 15 heavy (non-hydrogen) atoms. The molecule has 0 bridgehead atoms. The van der Waals surface area contributed by atoms with Crippen LogP contribution in [0.2, 0.25) is 0 Å². The van der Waals surface area contributed by atoms with Gasteiger partial charge in [-0.3, -0.25) is 0 Å². The fourth-order valence-electron chi connectivity index (χ4n) is 1.51. The van der Waals surface area contributed by atoms with Crippen LogP contribution >= 0.6 is 0 Å². The van der Waals surface area contributed by atoms with Crippen LogP contribution in [-0.2, 0) is 6.42 Å². The van der Waals surface area contributed by atoms with Gasteiger partial charge in [0.2, 0.25) is 0 Å². The van der Waals surface area contributed by atoms with Crippen molar-refractivity contribution < 1.29 is 0 Å². The van der Waals surface area contributed by atoms with E-state index in [2.05, 4.69) is 22.3 Å². The van der Waals surface area contributed by atoms with E-state index in [1.165, 1.54) is 0 Å². The molecule has 2 aromatic rings. The van der Waals surface area contributed by atoms with Gasteiger partial charge in [0.05, 0.1) is 24.3 Å². The van der Waals surface area contributed by atoms with E-state index in [4.69, 9.17) is 5.73 Å². The van der Waals surface area contributed by atoms with E-state index in [0.29, 0.717) is 11.7 Å². The molecular weight excluding hydrogens is 190 g/mol. The van der Waals surface area contributed by atoms with Gasteiger partial charge in [0.15, 0.2) is 5.65 Å². The number of nitrogens with zero attached hydrogens (tertiary/aromatic N) is 3. The second-order valence-electron chi connectivity index (χ2n) is 3.72. The van der Waals surface area contributed by atoms with Gasteiger partial charge >= 0.3 is 0 Å². The molecule has 2 heterocycles. The van der Waals surface area contributed by atoms with Gasteiger partial charge in [-0.25, -0.2) is 9.50 Å². The Bertz CT molecular complexity index is 462. The number of nitrogen functional groups attached to an aromatic ring is 1. The first-order chi connectivity index (χ1) is 7.20. The first-order valence-electron chi connectivity index (χ1n) is 4.95. The molecule has 0 fully saturated rings. The molecular formula is C10H15N5. The van der Waals surface area contributed by atoms with Crippen molar-refractivity contribution in [1.29, 1.82) is 0 Å². The Morgan fingerprint density at radius 3 is 3.07 bits per heavy atom. The number of hydrogen-bond acceptors (Lipinski definition) is 4. The summed E-state index contributed by atoms with van der Waals surface area (Å²) in [6.45, 7) is 2.13. The lowest BCUT2D eigenvalue weighted by atomic mass is 10.1. The molecule has 80 valence electrons. The molecule has 5 nitrogen and oxygen atoms in total. The van der Waals surface area contributed by atoms with Crippen LogP contribution in [0.25, 0.3) is 5.65 Å². The number of fused-ring (bicyclic) bond motifs is 1. The van der Waals surface area contributed by atoms with E-state index >= 15 is 0 Å². The van der Waals surface area contributed by atoms with E-state index < -0.39 is 0 Å². The molecule has 0 aromatic carbocycles. The second kappa shape index (κ2) is 3.86. The first kappa shape index (κ1) is 9.92. The van der Waals surface area contributed by atoms with Gasteiger partial charge in [-0.15, -0.1) is 0 Å². The minimum absolute atomic E-state index is 0.414. The molecule has 0 aliphatic rings. The van der Waals surface area contributed by atoms with E-state index in [9.17, 15) is 0 Å². The molecule has 1 unspecified atom stereocenters. The molecule has 0 aliphatic carbocycles. The third kappa shape index (κ3) is 1.92. The number of rotatable bonds is 3. The average Bonchev–Trinajstić information content (AvgIpc) is 2.60. The normalized spacial score (nSPS) is 13.2. The Hall–Kier alpha value is -1.62. The number of nitrogens with one attached hydrogen (secondary N) is 1. The van der Waals surface area contributed by atoms with Crippen LogP contribution in [0.15, 0.2) is 18.6 Å². The zero-order valence-electron chi connectivity index (χ0n) is 8.94. The second-order valence-corrected chi connectivity index (χ2v) is 3.72.